The predicted molar refractivity (Wildman–Crippen MR) is 68.0 cm³/mol. The van der Waals surface area contributed by atoms with Gasteiger partial charge in [-0.3, -0.25) is 0 Å². The van der Waals surface area contributed by atoms with Crippen LogP contribution in [0.3, 0.4) is 0 Å². The molecule has 92 valence electrons. The molecule has 0 amide bonds. The first-order valence-corrected chi connectivity index (χ1v) is 6.31. The highest BCUT2D eigenvalue weighted by atomic mass is 16.4. The second kappa shape index (κ2) is 4.86. The van der Waals surface area contributed by atoms with Gasteiger partial charge in [0.05, 0.1) is 5.70 Å². The molecule has 0 aromatic carbocycles. The molecule has 0 aromatic rings. The lowest BCUT2D eigenvalue weighted by molar-refractivity contribution is -0.129. The summed E-state index contributed by atoms with van der Waals surface area (Å²) in [5, 5.41) is 9.05. The number of carboxylic acid groups (broad SMARTS) is 1. The first-order valence-electron chi connectivity index (χ1n) is 6.31. The van der Waals surface area contributed by atoms with E-state index in [9.17, 15) is 4.79 Å². The van der Waals surface area contributed by atoms with E-state index in [4.69, 9.17) is 5.11 Å². The summed E-state index contributed by atoms with van der Waals surface area (Å²) in [5.41, 5.74) is 2.31. The van der Waals surface area contributed by atoms with E-state index in [-0.39, 0.29) is 0 Å². The molecular weight excluding hydrogens is 214 g/mol. The summed E-state index contributed by atoms with van der Waals surface area (Å²) in [4.78, 5) is 15.2. The zero-order valence-corrected chi connectivity index (χ0v) is 10.4. The van der Waals surface area contributed by atoms with Gasteiger partial charge in [0, 0.05) is 11.5 Å². The molecule has 0 saturated carbocycles. The predicted octanol–water partition coefficient (Wildman–Crippen LogP) is 3.18. The van der Waals surface area contributed by atoms with E-state index >= 15 is 0 Å². The number of carboxylic acids is 1. The van der Waals surface area contributed by atoms with Gasteiger partial charge in [-0.15, -0.1) is 0 Å². The van der Waals surface area contributed by atoms with Crippen molar-refractivity contribution >= 4 is 11.7 Å². The Morgan fingerprint density at radius 2 is 2.35 bits per heavy atom. The molecule has 2 rings (SSSR count). The average molecular weight is 233 g/mol. The van der Waals surface area contributed by atoms with Crippen LogP contribution in [-0.2, 0) is 4.79 Å². The van der Waals surface area contributed by atoms with Gasteiger partial charge in [-0.05, 0) is 31.6 Å². The number of carbonyl (C=O) groups is 1. The van der Waals surface area contributed by atoms with Crippen molar-refractivity contribution in [3.05, 3.63) is 23.4 Å². The quantitative estimate of drug-likeness (QED) is 0.741. The van der Waals surface area contributed by atoms with Crippen LogP contribution in [0.2, 0.25) is 0 Å². The Hall–Kier alpha value is -1.38. The highest BCUT2D eigenvalue weighted by Gasteiger charge is 2.31. The van der Waals surface area contributed by atoms with Crippen LogP contribution in [0.1, 0.15) is 39.5 Å². The van der Waals surface area contributed by atoms with Gasteiger partial charge in [0.1, 0.15) is 0 Å². The number of aliphatic carboxylic acids is 1. The first-order chi connectivity index (χ1) is 8.09. The largest absolute Gasteiger partial charge is 0.477 e. The Bertz CT molecular complexity index is 416. The first kappa shape index (κ1) is 12.1. The fraction of sp³-hybridized carbons (Fsp3) is 0.571. The second-order valence-electron chi connectivity index (χ2n) is 5.17. The van der Waals surface area contributed by atoms with Crippen LogP contribution in [0.5, 0.6) is 0 Å². The van der Waals surface area contributed by atoms with Crippen molar-refractivity contribution in [1.29, 1.82) is 0 Å². The lowest BCUT2D eigenvalue weighted by Crippen LogP contribution is -2.26. The summed E-state index contributed by atoms with van der Waals surface area (Å²) in [5.74, 6) is 0.0771. The number of hydrogen-bond donors (Lipinski definition) is 1. The zero-order valence-electron chi connectivity index (χ0n) is 10.4. The smallest absolute Gasteiger partial charge is 0.354 e. The van der Waals surface area contributed by atoms with Gasteiger partial charge in [-0.1, -0.05) is 26.0 Å². The minimum Gasteiger partial charge on any atom is -0.477 e. The fourth-order valence-electron chi connectivity index (χ4n) is 2.35. The molecule has 0 radical (unpaired) electrons. The summed E-state index contributed by atoms with van der Waals surface area (Å²) in [7, 11) is 0. The minimum absolute atomic E-state index is 0.293. The molecule has 0 saturated heterocycles. The van der Waals surface area contributed by atoms with Crippen LogP contribution < -0.4 is 0 Å². The van der Waals surface area contributed by atoms with Gasteiger partial charge in [-0.2, -0.15) is 0 Å². The van der Waals surface area contributed by atoms with Gasteiger partial charge in [0.2, 0.25) is 0 Å². The summed E-state index contributed by atoms with van der Waals surface area (Å²) in [6.45, 7) is 4.32. The third kappa shape index (κ3) is 2.48. The molecule has 0 fully saturated rings. The topological polar surface area (TPSA) is 49.7 Å². The van der Waals surface area contributed by atoms with E-state index in [1.807, 2.05) is 0 Å². The van der Waals surface area contributed by atoms with E-state index < -0.39 is 5.97 Å². The SMILES string of the molecule is CC(C)CCC1=C(C2C=CCC2)N=C1C(=O)O. The fourth-order valence-corrected chi connectivity index (χ4v) is 2.35. The monoisotopic (exact) mass is 233 g/mol. The number of allylic oxidation sites excluding steroid dienone is 2. The van der Waals surface area contributed by atoms with E-state index in [0.29, 0.717) is 17.5 Å². The third-order valence-corrected chi connectivity index (χ3v) is 3.37. The summed E-state index contributed by atoms with van der Waals surface area (Å²) in [6.07, 6.45) is 8.36. The molecular formula is C14H19NO2. The maximum absolute atomic E-state index is 11.0. The van der Waals surface area contributed by atoms with Gasteiger partial charge in [0.25, 0.3) is 0 Å². The highest BCUT2D eigenvalue weighted by molar-refractivity contribution is 6.45. The molecule has 3 heteroatoms. The molecule has 17 heavy (non-hydrogen) atoms. The summed E-state index contributed by atoms with van der Waals surface area (Å²) >= 11 is 0. The molecule has 1 N–H and O–H groups in total. The number of rotatable bonds is 5. The van der Waals surface area contributed by atoms with Crippen LogP contribution in [-0.4, -0.2) is 16.8 Å². The normalized spacial score (nSPS) is 23.0. The van der Waals surface area contributed by atoms with Crippen molar-refractivity contribution in [1.82, 2.24) is 0 Å². The molecule has 3 nitrogen and oxygen atoms in total. The molecule has 0 bridgehead atoms. The Balaban J connectivity index is 2.09. The summed E-state index contributed by atoms with van der Waals surface area (Å²) < 4.78 is 0. The molecule has 1 unspecified atom stereocenters. The van der Waals surface area contributed by atoms with Crippen LogP contribution in [0.25, 0.3) is 0 Å². The lowest BCUT2D eigenvalue weighted by Gasteiger charge is -2.24. The molecule has 1 aliphatic carbocycles. The highest BCUT2D eigenvalue weighted by Crippen LogP contribution is 2.36. The number of hydrogen-bond acceptors (Lipinski definition) is 2. The maximum atomic E-state index is 11.0. The maximum Gasteiger partial charge on any atom is 0.354 e. The zero-order chi connectivity index (χ0) is 12.4. The second-order valence-corrected chi connectivity index (χ2v) is 5.17. The standard InChI is InChI=1S/C14H19NO2/c1-9(2)7-8-11-12(10-5-3-4-6-10)15-13(11)14(16)17/h3,5,9-10H,4,6-8H2,1-2H3,(H,16,17). The number of nitrogens with zero attached hydrogens (tertiary/aromatic N) is 1. The molecule has 0 spiro atoms. The van der Waals surface area contributed by atoms with E-state index in [2.05, 4.69) is 31.0 Å². The van der Waals surface area contributed by atoms with Gasteiger partial charge in [-0.25, -0.2) is 9.79 Å². The van der Waals surface area contributed by atoms with E-state index in [1.165, 1.54) is 0 Å². The Kier molecular flexibility index (Phi) is 3.46. The van der Waals surface area contributed by atoms with Crippen molar-refractivity contribution in [2.75, 3.05) is 0 Å². The molecule has 1 aliphatic heterocycles. The number of aliphatic imine (C=N–C) groups is 1. The van der Waals surface area contributed by atoms with Crippen molar-refractivity contribution in [2.24, 2.45) is 16.8 Å². The van der Waals surface area contributed by atoms with Gasteiger partial charge >= 0.3 is 5.97 Å². The van der Waals surface area contributed by atoms with Crippen LogP contribution in [0.15, 0.2) is 28.4 Å². The van der Waals surface area contributed by atoms with Gasteiger partial charge in [0.15, 0.2) is 5.71 Å². The molecule has 2 aliphatic rings. The minimum atomic E-state index is -0.880. The van der Waals surface area contributed by atoms with Crippen LogP contribution >= 0.6 is 0 Å². The average Bonchev–Trinajstić information content (AvgIpc) is 2.68. The molecule has 1 atom stereocenters. The lowest BCUT2D eigenvalue weighted by atomic mass is 9.88. The Morgan fingerprint density at radius 1 is 1.59 bits per heavy atom. The van der Waals surface area contributed by atoms with E-state index in [0.717, 1.165) is 37.0 Å². The van der Waals surface area contributed by atoms with Crippen LogP contribution in [0, 0.1) is 11.8 Å². The van der Waals surface area contributed by atoms with E-state index in [1.54, 1.807) is 0 Å². The van der Waals surface area contributed by atoms with Crippen molar-refractivity contribution in [2.45, 2.75) is 39.5 Å². The molecule has 0 aromatic heterocycles. The van der Waals surface area contributed by atoms with Crippen molar-refractivity contribution in [3.63, 3.8) is 0 Å². The Labute approximate surface area is 102 Å². The van der Waals surface area contributed by atoms with Crippen molar-refractivity contribution in [3.8, 4) is 0 Å². The van der Waals surface area contributed by atoms with Crippen LogP contribution in [0.4, 0.5) is 0 Å². The van der Waals surface area contributed by atoms with Gasteiger partial charge < -0.3 is 5.11 Å². The third-order valence-electron chi connectivity index (χ3n) is 3.37. The Morgan fingerprint density at radius 3 is 2.88 bits per heavy atom. The summed E-state index contributed by atoms with van der Waals surface area (Å²) in [6, 6.07) is 0. The molecule has 1 heterocycles. The van der Waals surface area contributed by atoms with Crippen molar-refractivity contribution < 1.29 is 9.90 Å².